The van der Waals surface area contributed by atoms with Gasteiger partial charge in [-0.3, -0.25) is 13.6 Å². The molecule has 0 aliphatic carbocycles. The Morgan fingerprint density at radius 3 is 2.45 bits per heavy atom. The molecular weight excluding hydrogens is 497 g/mol. The average molecular weight is 522 g/mol. The van der Waals surface area contributed by atoms with E-state index in [0.717, 1.165) is 17.7 Å². The second kappa shape index (κ2) is 10.5. The highest BCUT2D eigenvalue weighted by molar-refractivity contribution is 7.61. The topological polar surface area (TPSA) is 274 Å². The molecule has 2 rings (SSSR count). The third-order valence-electron chi connectivity index (χ3n) is 4.50. The Labute approximate surface area is 185 Å². The van der Waals surface area contributed by atoms with Crippen molar-refractivity contribution in [1.29, 1.82) is 0 Å². The minimum Gasteiger partial charge on any atom is -0.393 e. The summed E-state index contributed by atoms with van der Waals surface area (Å²) in [5.41, 5.74) is 2.35. The van der Waals surface area contributed by atoms with E-state index in [1.807, 2.05) is 0 Å². The molecule has 19 heteroatoms. The summed E-state index contributed by atoms with van der Waals surface area (Å²) < 4.78 is 42.7. The van der Waals surface area contributed by atoms with Gasteiger partial charge in [0.05, 0.1) is 19.8 Å². The summed E-state index contributed by atoms with van der Waals surface area (Å²) in [6, 6.07) is 1.22. The molecule has 17 nitrogen and oxygen atoms in total. The fourth-order valence-corrected chi connectivity index (χ4v) is 4.60. The third kappa shape index (κ3) is 7.34. The van der Waals surface area contributed by atoms with Crippen molar-refractivity contribution in [3.8, 4) is 0 Å². The van der Waals surface area contributed by atoms with Crippen LogP contribution in [0.2, 0.25) is 0 Å². The van der Waals surface area contributed by atoms with Crippen LogP contribution < -0.4 is 11.4 Å². The predicted octanol–water partition coefficient (Wildman–Crippen LogP) is -3.20. The van der Waals surface area contributed by atoms with Gasteiger partial charge >= 0.3 is 21.3 Å². The number of ether oxygens (including phenoxy) is 1. The molecular formula is C14H25N3O14P2. The van der Waals surface area contributed by atoms with Crippen molar-refractivity contribution < 1.29 is 62.5 Å². The lowest BCUT2D eigenvalue weighted by atomic mass is 10.1. The Morgan fingerprint density at radius 2 is 1.88 bits per heavy atom. The molecule has 0 saturated carbocycles. The number of aliphatic hydroxyl groups is 5. The van der Waals surface area contributed by atoms with Gasteiger partial charge in [-0.1, -0.05) is 0 Å². The molecule has 2 unspecified atom stereocenters. The number of rotatable bonds is 11. The van der Waals surface area contributed by atoms with Gasteiger partial charge in [0.15, 0.2) is 6.23 Å². The third-order valence-corrected chi connectivity index (χ3v) is 7.11. The Morgan fingerprint density at radius 1 is 1.27 bits per heavy atom. The van der Waals surface area contributed by atoms with Crippen LogP contribution in [-0.2, 0) is 27.2 Å². The number of anilines is 1. The van der Waals surface area contributed by atoms with E-state index in [1.54, 1.807) is 0 Å². The number of phosphoric acid groups is 2. The van der Waals surface area contributed by atoms with Crippen LogP contribution in [-0.4, -0.2) is 94.7 Å². The largest absolute Gasteiger partial charge is 0.481 e. The molecule has 0 bridgehead atoms. The maximum absolute atomic E-state index is 12.0. The van der Waals surface area contributed by atoms with Crippen LogP contribution >= 0.6 is 15.6 Å². The predicted molar refractivity (Wildman–Crippen MR) is 105 cm³/mol. The van der Waals surface area contributed by atoms with E-state index >= 15 is 0 Å². The molecule has 190 valence electrons. The molecule has 0 aromatic carbocycles. The molecule has 8 atom stereocenters. The molecule has 0 radical (unpaired) electrons. The molecule has 0 spiro atoms. The molecule has 1 aliphatic heterocycles. The molecule has 0 amide bonds. The minimum atomic E-state index is -5.33. The van der Waals surface area contributed by atoms with Crippen molar-refractivity contribution in [2.24, 2.45) is 0 Å². The molecule has 2 heterocycles. The van der Waals surface area contributed by atoms with E-state index in [1.165, 1.54) is 6.07 Å². The van der Waals surface area contributed by atoms with E-state index in [-0.39, 0.29) is 5.82 Å². The van der Waals surface area contributed by atoms with Gasteiger partial charge in [-0.05, 0) is 13.0 Å². The lowest BCUT2D eigenvalue weighted by Crippen LogP contribution is -2.45. The van der Waals surface area contributed by atoms with Gasteiger partial charge in [0.1, 0.15) is 35.8 Å². The van der Waals surface area contributed by atoms with Gasteiger partial charge in [-0.25, -0.2) is 13.9 Å². The molecule has 1 aromatic heterocycles. The molecule has 9 N–H and O–H groups in total. The van der Waals surface area contributed by atoms with Crippen LogP contribution in [0.25, 0.3) is 0 Å². The molecule has 33 heavy (non-hydrogen) atoms. The lowest BCUT2D eigenvalue weighted by Gasteiger charge is -2.27. The summed E-state index contributed by atoms with van der Waals surface area (Å²) in [6.07, 6.45) is -7.07. The van der Waals surface area contributed by atoms with Crippen molar-refractivity contribution in [2.75, 3.05) is 25.6 Å². The van der Waals surface area contributed by atoms with E-state index < -0.39 is 77.4 Å². The Hall–Kier alpha value is -1.30. The van der Waals surface area contributed by atoms with Crippen LogP contribution in [0.5, 0.6) is 0 Å². The fourth-order valence-electron chi connectivity index (χ4n) is 2.51. The van der Waals surface area contributed by atoms with E-state index in [4.69, 9.17) is 15.6 Å². The number of nitrogens with two attached hydrogens (primary N) is 1. The van der Waals surface area contributed by atoms with Gasteiger partial charge in [-0.15, -0.1) is 0 Å². The van der Waals surface area contributed by atoms with Gasteiger partial charge in [0.25, 0.3) is 0 Å². The van der Waals surface area contributed by atoms with Gasteiger partial charge in [-0.2, -0.15) is 9.29 Å². The first kappa shape index (κ1) is 27.9. The van der Waals surface area contributed by atoms with Crippen LogP contribution in [0.3, 0.4) is 0 Å². The van der Waals surface area contributed by atoms with Crippen molar-refractivity contribution in [3.63, 3.8) is 0 Å². The molecule has 1 fully saturated rings. The van der Waals surface area contributed by atoms with Crippen LogP contribution in [0, 0.1) is 0 Å². The highest BCUT2D eigenvalue weighted by Gasteiger charge is 2.46. The van der Waals surface area contributed by atoms with E-state index in [9.17, 15) is 44.1 Å². The maximum Gasteiger partial charge on any atom is 0.481 e. The van der Waals surface area contributed by atoms with E-state index in [2.05, 4.69) is 18.3 Å². The Balaban J connectivity index is 1.96. The Kier molecular flexibility index (Phi) is 8.92. The van der Waals surface area contributed by atoms with Crippen molar-refractivity contribution in [2.45, 2.75) is 43.2 Å². The van der Waals surface area contributed by atoms with Crippen LogP contribution in [0.1, 0.15) is 13.2 Å². The summed E-state index contributed by atoms with van der Waals surface area (Å²) in [6.45, 7) is -1.94. The zero-order valence-electron chi connectivity index (χ0n) is 17.0. The van der Waals surface area contributed by atoms with Crippen molar-refractivity contribution >= 4 is 21.5 Å². The summed E-state index contributed by atoms with van der Waals surface area (Å²) in [7, 11) is -10.6. The quantitative estimate of drug-likeness (QED) is 0.105. The number of aliphatic hydroxyl groups excluding tert-OH is 4. The molecule has 1 aromatic rings. The summed E-state index contributed by atoms with van der Waals surface area (Å²) in [4.78, 5) is 34.5. The second-order valence-corrected chi connectivity index (χ2v) is 10.3. The van der Waals surface area contributed by atoms with Gasteiger partial charge in [0.2, 0.25) is 0 Å². The fraction of sp³-hybridized carbons (Fsp3) is 0.714. The zero-order chi connectivity index (χ0) is 25.2. The van der Waals surface area contributed by atoms with Crippen LogP contribution in [0.4, 0.5) is 5.82 Å². The average Bonchev–Trinajstić information content (AvgIpc) is 2.98. The first-order valence-electron chi connectivity index (χ1n) is 9.12. The van der Waals surface area contributed by atoms with E-state index in [0.29, 0.717) is 0 Å². The van der Waals surface area contributed by atoms with Crippen molar-refractivity contribution in [1.82, 2.24) is 9.55 Å². The van der Waals surface area contributed by atoms with Crippen LogP contribution in [0.15, 0.2) is 17.1 Å². The number of aromatic nitrogens is 2. The highest BCUT2D eigenvalue weighted by atomic mass is 31.3. The number of hydrogen-bond acceptors (Lipinski definition) is 14. The monoisotopic (exact) mass is 522 g/mol. The SMILES string of the molecule is C[C@](O)(CO)[C@@H](O)[13CH2]OP(=O)(O)OP(=O)(O)OC[C@H]1O[C@@H](n2ccc(N)nc2=O)[C@H](O)[C@@H]1O. The number of nitrogen functional groups attached to an aromatic ring is 1. The summed E-state index contributed by atoms with van der Waals surface area (Å²) in [5, 5.41) is 48.3. The first-order chi connectivity index (χ1) is 15.1. The summed E-state index contributed by atoms with van der Waals surface area (Å²) in [5.74, 6) is -0.106. The number of hydrogen-bond donors (Lipinski definition) is 8. The smallest absolute Gasteiger partial charge is 0.393 e. The van der Waals surface area contributed by atoms with Crippen molar-refractivity contribution in [3.05, 3.63) is 22.7 Å². The van der Waals surface area contributed by atoms with Gasteiger partial charge in [0, 0.05) is 6.20 Å². The standard InChI is InChI=1S/C14H25N3O14P2/c1-14(23,6-18)8(19)5-29-33(26,27)31-32(24,25)28-4-7-10(20)11(21)12(30-7)17-3-2-9(15)16-13(17)22/h2-3,7-8,10-12,18-21,23H,4-6H2,1H3,(H,24,25)(H,26,27)(H2,15,16,22)/t7-,8+,10-,11-,12-,14+/m1/s1/i5+1. The first-order valence-corrected chi connectivity index (χ1v) is 12.1. The highest BCUT2D eigenvalue weighted by Crippen LogP contribution is 2.60. The number of nitrogens with zero attached hydrogens (tertiary/aromatic N) is 2. The maximum atomic E-state index is 12.0. The zero-order valence-corrected chi connectivity index (χ0v) is 18.8. The molecule has 1 aliphatic rings. The molecule has 1 saturated heterocycles. The minimum absolute atomic E-state index is 0.106. The summed E-state index contributed by atoms with van der Waals surface area (Å²) >= 11 is 0. The normalized spacial score (nSPS) is 29.7. The van der Waals surface area contributed by atoms with Gasteiger partial charge < -0.3 is 45.8 Å². The Bertz CT molecular complexity index is 973. The lowest BCUT2D eigenvalue weighted by molar-refractivity contribution is -0.107. The number of phosphoric ester groups is 2. The second-order valence-electron chi connectivity index (χ2n) is 7.23.